The predicted octanol–water partition coefficient (Wildman–Crippen LogP) is 1.25. The van der Waals surface area contributed by atoms with Gasteiger partial charge in [-0.15, -0.1) is 0 Å². The number of carbonyl (C=O) groups excluding carboxylic acids is 1. The topological polar surface area (TPSA) is 58.4 Å². The fraction of sp³-hybridized carbons (Fsp3) is 0.929. The first-order valence-electron chi connectivity index (χ1n) is 7.43. The van der Waals surface area contributed by atoms with Crippen LogP contribution < -0.4 is 11.1 Å². The van der Waals surface area contributed by atoms with Crippen molar-refractivity contribution in [2.45, 2.75) is 63.5 Å². The minimum absolute atomic E-state index is 0.0560. The molecule has 18 heavy (non-hydrogen) atoms. The molecule has 0 aromatic carbocycles. The molecule has 1 atom stereocenters. The van der Waals surface area contributed by atoms with Gasteiger partial charge in [-0.05, 0) is 52.0 Å². The zero-order valence-electron chi connectivity index (χ0n) is 11.6. The van der Waals surface area contributed by atoms with Gasteiger partial charge in [-0.2, -0.15) is 0 Å². The Kier molecular flexibility index (Phi) is 4.62. The molecule has 2 aliphatic rings. The monoisotopic (exact) mass is 253 g/mol. The predicted molar refractivity (Wildman–Crippen MR) is 73.3 cm³/mol. The third-order valence-electron chi connectivity index (χ3n) is 4.55. The molecule has 1 aliphatic heterocycles. The van der Waals surface area contributed by atoms with Crippen molar-refractivity contribution in [3.63, 3.8) is 0 Å². The van der Waals surface area contributed by atoms with Crippen LogP contribution in [0.5, 0.6) is 0 Å². The zero-order valence-corrected chi connectivity index (χ0v) is 11.6. The molecule has 0 bridgehead atoms. The fourth-order valence-electron chi connectivity index (χ4n) is 2.93. The van der Waals surface area contributed by atoms with Gasteiger partial charge < -0.3 is 16.0 Å². The summed E-state index contributed by atoms with van der Waals surface area (Å²) in [5.41, 5.74) is 5.43. The molecule has 3 N–H and O–H groups in total. The first kappa shape index (κ1) is 13.8. The van der Waals surface area contributed by atoms with E-state index in [1.54, 1.807) is 0 Å². The lowest BCUT2D eigenvalue weighted by Gasteiger charge is -2.36. The standard InChI is InChI=1S/C14H27N3O/c1-12-6-2-3-10-17(12)11-5-9-16-13(18)14(15)7-4-8-14/h12H,2-11,15H2,1H3,(H,16,18). The molecule has 2 fully saturated rings. The summed E-state index contributed by atoms with van der Waals surface area (Å²) in [5, 5.41) is 2.99. The molecule has 0 aromatic rings. The molecule has 104 valence electrons. The normalized spacial score (nSPS) is 27.6. The fourth-order valence-corrected chi connectivity index (χ4v) is 2.93. The summed E-state index contributed by atoms with van der Waals surface area (Å²) in [4.78, 5) is 14.4. The van der Waals surface area contributed by atoms with Gasteiger partial charge in [0.05, 0.1) is 5.54 Å². The van der Waals surface area contributed by atoms with Gasteiger partial charge in [-0.1, -0.05) is 6.42 Å². The molecule has 4 heteroatoms. The van der Waals surface area contributed by atoms with Crippen LogP contribution >= 0.6 is 0 Å². The lowest BCUT2D eigenvalue weighted by molar-refractivity contribution is -0.129. The highest BCUT2D eigenvalue weighted by Crippen LogP contribution is 2.28. The van der Waals surface area contributed by atoms with E-state index in [4.69, 9.17) is 5.73 Å². The molecule has 1 saturated carbocycles. The molecule has 2 rings (SSSR count). The van der Waals surface area contributed by atoms with Crippen molar-refractivity contribution < 1.29 is 4.79 Å². The minimum Gasteiger partial charge on any atom is -0.354 e. The van der Waals surface area contributed by atoms with E-state index in [0.717, 1.165) is 38.8 Å². The van der Waals surface area contributed by atoms with Gasteiger partial charge in [0, 0.05) is 19.1 Å². The minimum atomic E-state index is -0.543. The van der Waals surface area contributed by atoms with Crippen molar-refractivity contribution in [2.24, 2.45) is 5.73 Å². The molecular weight excluding hydrogens is 226 g/mol. The number of nitrogens with two attached hydrogens (primary N) is 1. The summed E-state index contributed by atoms with van der Waals surface area (Å²) in [5.74, 6) is 0.0560. The van der Waals surface area contributed by atoms with Crippen molar-refractivity contribution in [3.05, 3.63) is 0 Å². The van der Waals surface area contributed by atoms with Crippen molar-refractivity contribution in [3.8, 4) is 0 Å². The Morgan fingerprint density at radius 3 is 2.78 bits per heavy atom. The number of piperidine rings is 1. The second-order valence-electron chi connectivity index (χ2n) is 6.00. The number of nitrogens with zero attached hydrogens (tertiary/aromatic N) is 1. The van der Waals surface area contributed by atoms with Crippen LogP contribution in [0.4, 0.5) is 0 Å². The van der Waals surface area contributed by atoms with E-state index >= 15 is 0 Å². The lowest BCUT2D eigenvalue weighted by atomic mass is 9.77. The van der Waals surface area contributed by atoms with Crippen LogP contribution in [0.2, 0.25) is 0 Å². The molecule has 4 nitrogen and oxygen atoms in total. The van der Waals surface area contributed by atoms with Crippen LogP contribution in [-0.4, -0.2) is 42.0 Å². The number of nitrogens with one attached hydrogen (secondary N) is 1. The van der Waals surface area contributed by atoms with Gasteiger partial charge in [0.2, 0.25) is 5.91 Å². The van der Waals surface area contributed by atoms with Crippen LogP contribution in [-0.2, 0) is 4.79 Å². The van der Waals surface area contributed by atoms with E-state index in [9.17, 15) is 4.79 Å². The van der Waals surface area contributed by atoms with E-state index in [2.05, 4.69) is 17.1 Å². The van der Waals surface area contributed by atoms with Crippen LogP contribution in [0.25, 0.3) is 0 Å². The molecule has 1 saturated heterocycles. The molecular formula is C14H27N3O. The van der Waals surface area contributed by atoms with Crippen molar-refractivity contribution in [1.82, 2.24) is 10.2 Å². The highest BCUT2D eigenvalue weighted by atomic mass is 16.2. The van der Waals surface area contributed by atoms with E-state index < -0.39 is 5.54 Å². The Hall–Kier alpha value is -0.610. The van der Waals surface area contributed by atoms with Gasteiger partial charge in [0.15, 0.2) is 0 Å². The number of hydrogen-bond donors (Lipinski definition) is 2. The third kappa shape index (κ3) is 3.23. The van der Waals surface area contributed by atoms with Gasteiger partial charge in [0.1, 0.15) is 0 Å². The Bertz CT molecular complexity index is 289. The van der Waals surface area contributed by atoms with Crippen LogP contribution in [0.15, 0.2) is 0 Å². The molecule has 0 radical (unpaired) electrons. The molecule has 0 aromatic heterocycles. The van der Waals surface area contributed by atoms with Crippen LogP contribution in [0, 0.1) is 0 Å². The van der Waals surface area contributed by atoms with E-state index in [0.29, 0.717) is 6.04 Å². The van der Waals surface area contributed by atoms with Gasteiger partial charge in [-0.3, -0.25) is 4.79 Å². The summed E-state index contributed by atoms with van der Waals surface area (Å²) in [6.45, 7) is 5.39. The second kappa shape index (κ2) is 6.02. The van der Waals surface area contributed by atoms with Crippen LogP contribution in [0.3, 0.4) is 0 Å². The zero-order chi connectivity index (χ0) is 13.0. The largest absolute Gasteiger partial charge is 0.354 e. The Balaban J connectivity index is 1.59. The summed E-state index contributed by atoms with van der Waals surface area (Å²) >= 11 is 0. The molecule has 1 amide bonds. The maximum absolute atomic E-state index is 11.8. The highest BCUT2D eigenvalue weighted by molar-refractivity contribution is 5.86. The van der Waals surface area contributed by atoms with Crippen molar-refractivity contribution in [2.75, 3.05) is 19.6 Å². The van der Waals surface area contributed by atoms with Crippen molar-refractivity contribution in [1.29, 1.82) is 0 Å². The summed E-state index contributed by atoms with van der Waals surface area (Å²) in [6.07, 6.45) is 7.83. The van der Waals surface area contributed by atoms with E-state index in [1.807, 2.05) is 0 Å². The number of carbonyl (C=O) groups is 1. The number of likely N-dealkylation sites (tertiary alicyclic amines) is 1. The quantitative estimate of drug-likeness (QED) is 0.725. The number of rotatable bonds is 5. The van der Waals surface area contributed by atoms with E-state index in [-0.39, 0.29) is 5.91 Å². The summed E-state index contributed by atoms with van der Waals surface area (Å²) < 4.78 is 0. The first-order chi connectivity index (χ1) is 8.62. The molecule has 1 aliphatic carbocycles. The molecule has 0 spiro atoms. The number of amides is 1. The van der Waals surface area contributed by atoms with Gasteiger partial charge in [-0.25, -0.2) is 0 Å². The Morgan fingerprint density at radius 2 is 2.17 bits per heavy atom. The third-order valence-corrected chi connectivity index (χ3v) is 4.55. The first-order valence-corrected chi connectivity index (χ1v) is 7.43. The average Bonchev–Trinajstić information content (AvgIpc) is 2.33. The molecule has 1 heterocycles. The maximum atomic E-state index is 11.8. The summed E-state index contributed by atoms with van der Waals surface area (Å²) in [7, 11) is 0. The smallest absolute Gasteiger partial charge is 0.240 e. The van der Waals surface area contributed by atoms with Crippen LogP contribution in [0.1, 0.15) is 51.9 Å². The van der Waals surface area contributed by atoms with E-state index in [1.165, 1.54) is 25.8 Å². The van der Waals surface area contributed by atoms with Crippen molar-refractivity contribution >= 4 is 5.91 Å². The number of hydrogen-bond acceptors (Lipinski definition) is 3. The Morgan fingerprint density at radius 1 is 1.39 bits per heavy atom. The average molecular weight is 253 g/mol. The summed E-state index contributed by atoms with van der Waals surface area (Å²) in [6, 6.07) is 0.710. The maximum Gasteiger partial charge on any atom is 0.240 e. The highest BCUT2D eigenvalue weighted by Gasteiger charge is 2.39. The lowest BCUT2D eigenvalue weighted by Crippen LogP contribution is -2.58. The Labute approximate surface area is 110 Å². The van der Waals surface area contributed by atoms with Gasteiger partial charge >= 0.3 is 0 Å². The SMILES string of the molecule is CC1CCCCN1CCCNC(=O)C1(N)CCC1. The van der Waals surface area contributed by atoms with Gasteiger partial charge in [0.25, 0.3) is 0 Å². The molecule has 1 unspecified atom stereocenters. The second-order valence-corrected chi connectivity index (χ2v) is 6.00.